The minimum atomic E-state index is -4.07. The summed E-state index contributed by atoms with van der Waals surface area (Å²) in [6, 6.07) is 1.68. The number of aryl methyl sites for hydroxylation is 1. The van der Waals surface area contributed by atoms with E-state index in [-0.39, 0.29) is 12.5 Å². The number of alkyl halides is 3. The van der Waals surface area contributed by atoms with Crippen molar-refractivity contribution in [2.24, 2.45) is 5.73 Å². The molecule has 0 aromatic carbocycles. The number of thiophene rings is 1. The molecular weight excluding hydrogens is 223 g/mol. The molecule has 0 aliphatic rings. The zero-order valence-electron chi connectivity index (χ0n) is 8.47. The molecular formula is C10H14F3NS. The molecule has 1 aromatic heterocycles. The van der Waals surface area contributed by atoms with Crippen LogP contribution in [0.5, 0.6) is 0 Å². The minimum absolute atomic E-state index is 0.0992. The summed E-state index contributed by atoms with van der Waals surface area (Å²) < 4.78 is 35.7. The summed E-state index contributed by atoms with van der Waals surface area (Å²) in [5, 5.41) is 1.91. The fourth-order valence-corrected chi connectivity index (χ4v) is 2.38. The average Bonchev–Trinajstić information content (AvgIpc) is 2.48. The smallest absolute Gasteiger partial charge is 0.323 e. The van der Waals surface area contributed by atoms with Crippen molar-refractivity contribution >= 4 is 11.3 Å². The van der Waals surface area contributed by atoms with Gasteiger partial charge in [0.2, 0.25) is 0 Å². The topological polar surface area (TPSA) is 26.0 Å². The minimum Gasteiger partial charge on any atom is -0.323 e. The Hall–Kier alpha value is -0.550. The van der Waals surface area contributed by atoms with Crippen LogP contribution in [0.1, 0.15) is 35.7 Å². The van der Waals surface area contributed by atoms with Crippen LogP contribution in [0.15, 0.2) is 11.4 Å². The second kappa shape index (κ2) is 4.99. The van der Waals surface area contributed by atoms with E-state index in [4.69, 9.17) is 5.73 Å². The van der Waals surface area contributed by atoms with Crippen LogP contribution in [-0.4, -0.2) is 6.18 Å². The molecule has 0 bridgehead atoms. The first-order valence-electron chi connectivity index (χ1n) is 4.76. The quantitative estimate of drug-likeness (QED) is 0.847. The molecule has 1 heterocycles. The summed E-state index contributed by atoms with van der Waals surface area (Å²) in [4.78, 5) is 0.997. The molecule has 0 fully saturated rings. The van der Waals surface area contributed by atoms with Gasteiger partial charge in [0, 0.05) is 17.3 Å². The highest BCUT2D eigenvalue weighted by Crippen LogP contribution is 2.28. The van der Waals surface area contributed by atoms with Crippen LogP contribution in [0, 0.1) is 6.92 Å². The predicted molar refractivity (Wildman–Crippen MR) is 55.9 cm³/mol. The van der Waals surface area contributed by atoms with Crippen LogP contribution in [-0.2, 0) is 0 Å². The molecule has 0 saturated heterocycles. The summed E-state index contributed by atoms with van der Waals surface area (Å²) in [7, 11) is 0. The maximum Gasteiger partial charge on any atom is 0.389 e. The van der Waals surface area contributed by atoms with Gasteiger partial charge in [-0.2, -0.15) is 13.2 Å². The van der Waals surface area contributed by atoms with Crippen LogP contribution >= 0.6 is 11.3 Å². The van der Waals surface area contributed by atoms with Crippen molar-refractivity contribution in [2.45, 2.75) is 38.4 Å². The molecule has 0 aliphatic carbocycles. The van der Waals surface area contributed by atoms with Crippen molar-refractivity contribution in [3.05, 3.63) is 21.9 Å². The largest absolute Gasteiger partial charge is 0.389 e. The van der Waals surface area contributed by atoms with Gasteiger partial charge in [-0.15, -0.1) is 11.3 Å². The van der Waals surface area contributed by atoms with E-state index in [1.165, 1.54) is 11.3 Å². The summed E-state index contributed by atoms with van der Waals surface area (Å²) >= 11 is 1.51. The van der Waals surface area contributed by atoms with E-state index in [2.05, 4.69) is 0 Å². The van der Waals surface area contributed by atoms with Crippen molar-refractivity contribution in [1.82, 2.24) is 0 Å². The monoisotopic (exact) mass is 237 g/mol. The molecule has 0 radical (unpaired) electrons. The molecule has 0 saturated carbocycles. The van der Waals surface area contributed by atoms with Crippen LogP contribution in [0.25, 0.3) is 0 Å². The lowest BCUT2D eigenvalue weighted by molar-refractivity contribution is -0.135. The maximum atomic E-state index is 11.9. The third kappa shape index (κ3) is 4.22. The van der Waals surface area contributed by atoms with Gasteiger partial charge in [0.05, 0.1) is 0 Å². The standard InChI is InChI=1S/C10H14F3NS/c1-7-4-6-15-9(7)8(14)3-2-5-10(11,12)13/h4,6,8H,2-3,5,14H2,1H3. The predicted octanol–water partition coefficient (Wildman–Crippen LogP) is 3.79. The highest BCUT2D eigenvalue weighted by molar-refractivity contribution is 7.10. The van der Waals surface area contributed by atoms with E-state index in [9.17, 15) is 13.2 Å². The van der Waals surface area contributed by atoms with Gasteiger partial charge in [0.25, 0.3) is 0 Å². The fourth-order valence-electron chi connectivity index (χ4n) is 1.42. The molecule has 0 aliphatic heterocycles. The Balaban J connectivity index is 2.37. The number of hydrogen-bond donors (Lipinski definition) is 1. The number of halogens is 3. The SMILES string of the molecule is Cc1ccsc1C(N)CCCC(F)(F)F. The molecule has 1 unspecified atom stereocenters. The highest BCUT2D eigenvalue weighted by atomic mass is 32.1. The summed E-state index contributed by atoms with van der Waals surface area (Å²) in [5.74, 6) is 0. The van der Waals surface area contributed by atoms with Crippen molar-refractivity contribution in [3.8, 4) is 0 Å². The lowest BCUT2D eigenvalue weighted by atomic mass is 10.1. The van der Waals surface area contributed by atoms with E-state index < -0.39 is 12.6 Å². The number of hydrogen-bond acceptors (Lipinski definition) is 2. The lowest BCUT2D eigenvalue weighted by Gasteiger charge is -2.11. The summed E-state index contributed by atoms with van der Waals surface area (Å²) in [6.45, 7) is 1.93. The zero-order valence-corrected chi connectivity index (χ0v) is 9.29. The summed E-state index contributed by atoms with van der Waals surface area (Å²) in [6.07, 6.45) is -4.32. The third-order valence-electron chi connectivity index (χ3n) is 2.21. The van der Waals surface area contributed by atoms with Crippen molar-refractivity contribution in [3.63, 3.8) is 0 Å². The van der Waals surface area contributed by atoms with Crippen LogP contribution in [0.4, 0.5) is 13.2 Å². The van der Waals surface area contributed by atoms with E-state index in [0.29, 0.717) is 6.42 Å². The van der Waals surface area contributed by atoms with E-state index in [0.717, 1.165) is 10.4 Å². The molecule has 86 valence electrons. The van der Waals surface area contributed by atoms with E-state index in [1.54, 1.807) is 0 Å². The van der Waals surface area contributed by atoms with E-state index >= 15 is 0 Å². The second-order valence-electron chi connectivity index (χ2n) is 3.58. The zero-order chi connectivity index (χ0) is 11.5. The maximum absolute atomic E-state index is 11.9. The molecule has 15 heavy (non-hydrogen) atoms. The molecule has 1 atom stereocenters. The van der Waals surface area contributed by atoms with E-state index in [1.807, 2.05) is 18.4 Å². The first-order valence-corrected chi connectivity index (χ1v) is 5.64. The lowest BCUT2D eigenvalue weighted by Crippen LogP contribution is -2.12. The second-order valence-corrected chi connectivity index (χ2v) is 4.53. The van der Waals surface area contributed by atoms with Gasteiger partial charge in [-0.3, -0.25) is 0 Å². The first kappa shape index (κ1) is 12.5. The molecule has 5 heteroatoms. The summed E-state index contributed by atoms with van der Waals surface area (Å²) in [5.41, 5.74) is 6.88. The Labute approximate surface area is 91.1 Å². The Kier molecular flexibility index (Phi) is 4.16. The van der Waals surface area contributed by atoms with Crippen LogP contribution in [0.2, 0.25) is 0 Å². The Morgan fingerprint density at radius 3 is 2.60 bits per heavy atom. The molecule has 1 rings (SSSR count). The Morgan fingerprint density at radius 1 is 1.47 bits per heavy atom. The third-order valence-corrected chi connectivity index (χ3v) is 3.36. The molecule has 2 N–H and O–H groups in total. The van der Waals surface area contributed by atoms with Crippen molar-refractivity contribution in [1.29, 1.82) is 0 Å². The molecule has 1 nitrogen and oxygen atoms in total. The van der Waals surface area contributed by atoms with Crippen LogP contribution in [0.3, 0.4) is 0 Å². The van der Waals surface area contributed by atoms with Gasteiger partial charge < -0.3 is 5.73 Å². The van der Waals surface area contributed by atoms with Gasteiger partial charge >= 0.3 is 6.18 Å². The average molecular weight is 237 g/mol. The molecule has 0 spiro atoms. The van der Waals surface area contributed by atoms with Crippen molar-refractivity contribution in [2.75, 3.05) is 0 Å². The molecule has 1 aromatic rings. The van der Waals surface area contributed by atoms with Gasteiger partial charge in [0.15, 0.2) is 0 Å². The fraction of sp³-hybridized carbons (Fsp3) is 0.600. The number of nitrogens with two attached hydrogens (primary N) is 1. The van der Waals surface area contributed by atoms with Gasteiger partial charge in [-0.05, 0) is 36.8 Å². The van der Waals surface area contributed by atoms with Crippen molar-refractivity contribution < 1.29 is 13.2 Å². The molecule has 0 amide bonds. The Bertz CT molecular complexity index is 306. The normalized spacial score (nSPS) is 14.2. The van der Waals surface area contributed by atoms with Crippen LogP contribution < -0.4 is 5.73 Å². The van der Waals surface area contributed by atoms with Gasteiger partial charge in [-0.25, -0.2) is 0 Å². The Morgan fingerprint density at radius 2 is 2.13 bits per heavy atom. The van der Waals surface area contributed by atoms with Gasteiger partial charge in [0.1, 0.15) is 0 Å². The highest BCUT2D eigenvalue weighted by Gasteiger charge is 2.26. The first-order chi connectivity index (χ1) is 6.90. The number of rotatable bonds is 4. The van der Waals surface area contributed by atoms with Gasteiger partial charge in [-0.1, -0.05) is 0 Å².